The molecule has 11 heteroatoms. The molecule has 0 aromatic carbocycles. The molecule has 142 valence electrons. The normalized spacial score (nSPS) is 24.1. The lowest BCUT2D eigenvalue weighted by Gasteiger charge is -2.33. The van der Waals surface area contributed by atoms with E-state index in [1.165, 1.54) is 11.0 Å². The Morgan fingerprint density at radius 3 is 2.56 bits per heavy atom. The van der Waals surface area contributed by atoms with Crippen LogP contribution < -0.4 is 10.0 Å². The fraction of sp³-hybridized carbons (Fsp3) is 0.643. The van der Waals surface area contributed by atoms with Crippen LogP contribution in [0.15, 0.2) is 21.7 Å². The second-order valence-electron chi connectivity index (χ2n) is 6.15. The van der Waals surface area contributed by atoms with Crippen LogP contribution in [-0.2, 0) is 14.8 Å². The van der Waals surface area contributed by atoms with Crippen molar-refractivity contribution in [2.75, 3.05) is 19.6 Å². The summed E-state index contributed by atoms with van der Waals surface area (Å²) in [5, 5.41) is 4.26. The van der Waals surface area contributed by atoms with E-state index in [1.807, 2.05) is 0 Å². The molecular formula is C14H20ClF2N3O3S2. The first-order valence-electron chi connectivity index (χ1n) is 7.73. The van der Waals surface area contributed by atoms with E-state index in [1.54, 1.807) is 11.4 Å². The highest BCUT2D eigenvalue weighted by Crippen LogP contribution is 2.27. The molecule has 3 heterocycles. The van der Waals surface area contributed by atoms with Crippen LogP contribution in [0.25, 0.3) is 0 Å². The molecule has 1 unspecified atom stereocenters. The van der Waals surface area contributed by atoms with Gasteiger partial charge in [-0.15, -0.1) is 23.7 Å². The number of halogens is 3. The Morgan fingerprint density at radius 2 is 2.04 bits per heavy atom. The molecule has 1 aromatic heterocycles. The first-order chi connectivity index (χ1) is 11.3. The molecule has 1 amide bonds. The number of rotatable bonds is 4. The van der Waals surface area contributed by atoms with Gasteiger partial charge in [0.15, 0.2) is 0 Å². The first-order valence-corrected chi connectivity index (χ1v) is 10.1. The number of amides is 1. The highest BCUT2D eigenvalue weighted by Gasteiger charge is 2.44. The van der Waals surface area contributed by atoms with Crippen molar-refractivity contribution in [3.8, 4) is 0 Å². The maximum Gasteiger partial charge on any atom is 0.262 e. The van der Waals surface area contributed by atoms with Crippen molar-refractivity contribution in [1.29, 1.82) is 0 Å². The Bertz CT molecular complexity index is 692. The second kappa shape index (κ2) is 7.83. The number of carbonyl (C=O) groups excluding carboxylic acids is 1. The van der Waals surface area contributed by atoms with E-state index in [4.69, 9.17) is 0 Å². The van der Waals surface area contributed by atoms with Crippen molar-refractivity contribution in [2.45, 2.75) is 41.5 Å². The molecule has 25 heavy (non-hydrogen) atoms. The van der Waals surface area contributed by atoms with Gasteiger partial charge in [-0.3, -0.25) is 10.1 Å². The summed E-state index contributed by atoms with van der Waals surface area (Å²) >= 11 is 1.15. The fourth-order valence-electron chi connectivity index (χ4n) is 3.02. The van der Waals surface area contributed by atoms with Gasteiger partial charge in [0, 0.05) is 25.6 Å². The minimum Gasteiger partial charge on any atom is -0.341 e. The average molecular weight is 416 g/mol. The van der Waals surface area contributed by atoms with Crippen molar-refractivity contribution in [2.24, 2.45) is 0 Å². The number of hydrogen-bond acceptors (Lipinski definition) is 5. The van der Waals surface area contributed by atoms with Gasteiger partial charge in [-0.05, 0) is 24.3 Å². The molecule has 2 aliphatic rings. The van der Waals surface area contributed by atoms with Crippen LogP contribution in [-0.4, -0.2) is 56.9 Å². The summed E-state index contributed by atoms with van der Waals surface area (Å²) in [4.78, 5) is 13.8. The molecule has 0 saturated carbocycles. The Labute approximate surface area is 155 Å². The van der Waals surface area contributed by atoms with Gasteiger partial charge >= 0.3 is 0 Å². The van der Waals surface area contributed by atoms with Crippen molar-refractivity contribution < 1.29 is 22.0 Å². The zero-order chi connectivity index (χ0) is 17.4. The summed E-state index contributed by atoms with van der Waals surface area (Å²) in [7, 11) is -3.53. The highest BCUT2D eigenvalue weighted by molar-refractivity contribution is 7.91. The Hall–Kier alpha value is -0.810. The molecule has 0 bridgehead atoms. The number of nitrogens with one attached hydrogen (secondary N) is 2. The van der Waals surface area contributed by atoms with Crippen molar-refractivity contribution in [1.82, 2.24) is 14.9 Å². The minimum absolute atomic E-state index is 0. The molecule has 0 spiro atoms. The molecule has 2 aliphatic heterocycles. The maximum atomic E-state index is 13.2. The summed E-state index contributed by atoms with van der Waals surface area (Å²) in [5.41, 5.74) is 0. The van der Waals surface area contributed by atoms with Gasteiger partial charge in [-0.25, -0.2) is 21.9 Å². The topological polar surface area (TPSA) is 78.5 Å². The molecule has 0 aliphatic carbocycles. The van der Waals surface area contributed by atoms with Gasteiger partial charge in [0.1, 0.15) is 4.21 Å². The smallest absolute Gasteiger partial charge is 0.262 e. The minimum atomic E-state index is -3.53. The van der Waals surface area contributed by atoms with Gasteiger partial charge in [-0.1, -0.05) is 6.07 Å². The molecule has 6 nitrogen and oxygen atoms in total. The zero-order valence-electron chi connectivity index (χ0n) is 13.3. The number of likely N-dealkylation sites (tertiary alicyclic amines) is 1. The van der Waals surface area contributed by atoms with E-state index >= 15 is 0 Å². The number of alkyl halides is 2. The third-order valence-electron chi connectivity index (χ3n) is 4.30. The lowest BCUT2D eigenvalue weighted by molar-refractivity contribution is -0.134. The highest BCUT2D eigenvalue weighted by atomic mass is 35.5. The predicted octanol–water partition coefficient (Wildman–Crippen LogP) is 1.44. The van der Waals surface area contributed by atoms with Gasteiger partial charge in [0.2, 0.25) is 15.9 Å². The van der Waals surface area contributed by atoms with Crippen LogP contribution in [0.5, 0.6) is 0 Å². The number of hydrogen-bond donors (Lipinski definition) is 2. The number of piperidine rings is 1. The largest absolute Gasteiger partial charge is 0.341 e. The summed E-state index contributed by atoms with van der Waals surface area (Å²) < 4.78 is 53.7. The van der Waals surface area contributed by atoms with Crippen molar-refractivity contribution >= 4 is 39.7 Å². The van der Waals surface area contributed by atoms with E-state index in [0.29, 0.717) is 25.9 Å². The zero-order valence-corrected chi connectivity index (χ0v) is 15.7. The number of thiophene rings is 1. The fourth-order valence-corrected chi connectivity index (χ4v) is 5.34. The molecular weight excluding hydrogens is 396 g/mol. The van der Waals surface area contributed by atoms with E-state index in [0.717, 1.165) is 11.3 Å². The van der Waals surface area contributed by atoms with Crippen LogP contribution >= 0.6 is 23.7 Å². The third-order valence-corrected chi connectivity index (χ3v) is 7.21. The van der Waals surface area contributed by atoms with Gasteiger partial charge in [0.05, 0.1) is 12.6 Å². The number of nitrogens with zero attached hydrogens (tertiary/aromatic N) is 1. The summed E-state index contributed by atoms with van der Waals surface area (Å²) in [6, 6.07) is 2.11. The van der Waals surface area contributed by atoms with Gasteiger partial charge in [-0.2, -0.15) is 0 Å². The predicted molar refractivity (Wildman–Crippen MR) is 92.8 cm³/mol. The van der Waals surface area contributed by atoms with E-state index in [2.05, 4.69) is 10.0 Å². The number of carbonyl (C=O) groups is 1. The monoisotopic (exact) mass is 415 g/mol. The summed E-state index contributed by atoms with van der Waals surface area (Å²) in [6.45, 7) is 0.251. The lowest BCUT2D eigenvalue weighted by Crippen LogP contribution is -2.50. The quantitative estimate of drug-likeness (QED) is 0.780. The van der Waals surface area contributed by atoms with E-state index in [-0.39, 0.29) is 28.6 Å². The SMILES string of the molecule is Cl.O=C(C1CC(F)(F)CN1)N1CCC(NS(=O)(=O)c2cccs2)CC1. The molecule has 0 radical (unpaired) electrons. The van der Waals surface area contributed by atoms with Crippen molar-refractivity contribution in [3.05, 3.63) is 17.5 Å². The average Bonchev–Trinajstić information content (AvgIpc) is 3.17. The van der Waals surface area contributed by atoms with Crippen molar-refractivity contribution in [3.63, 3.8) is 0 Å². The van der Waals surface area contributed by atoms with Crippen LogP contribution in [0, 0.1) is 0 Å². The molecule has 1 atom stereocenters. The van der Waals surface area contributed by atoms with Crippen LogP contribution in [0.2, 0.25) is 0 Å². The van der Waals surface area contributed by atoms with Crippen LogP contribution in [0.3, 0.4) is 0 Å². The lowest BCUT2D eigenvalue weighted by atomic mass is 10.0. The maximum absolute atomic E-state index is 13.2. The Balaban J connectivity index is 0.00000225. The number of sulfonamides is 1. The standard InChI is InChI=1S/C14H19F2N3O3S2.ClH/c15-14(16)8-11(17-9-14)13(20)19-5-3-10(4-6-19)18-24(21,22)12-2-1-7-23-12;/h1-2,7,10-11,17-18H,3-6,8-9H2;1H. The molecule has 2 saturated heterocycles. The van der Waals surface area contributed by atoms with E-state index < -0.39 is 35.0 Å². The molecule has 2 fully saturated rings. The summed E-state index contributed by atoms with van der Waals surface area (Å²) in [5.74, 6) is -3.17. The Morgan fingerprint density at radius 1 is 1.36 bits per heavy atom. The summed E-state index contributed by atoms with van der Waals surface area (Å²) in [6.07, 6.45) is 0.468. The van der Waals surface area contributed by atoms with E-state index in [9.17, 15) is 22.0 Å². The van der Waals surface area contributed by atoms with Gasteiger partial charge in [0.25, 0.3) is 5.92 Å². The van der Waals surface area contributed by atoms with Gasteiger partial charge < -0.3 is 4.90 Å². The molecule has 2 N–H and O–H groups in total. The first kappa shape index (κ1) is 20.5. The van der Waals surface area contributed by atoms with Crippen LogP contribution in [0.4, 0.5) is 8.78 Å². The molecule has 1 aromatic rings. The van der Waals surface area contributed by atoms with Crippen LogP contribution in [0.1, 0.15) is 19.3 Å². The molecule has 3 rings (SSSR count). The third kappa shape index (κ3) is 4.88. The second-order valence-corrected chi connectivity index (χ2v) is 9.04. The Kier molecular flexibility index (Phi) is 6.42.